The van der Waals surface area contributed by atoms with Crippen LogP contribution >= 0.6 is 11.6 Å². The van der Waals surface area contributed by atoms with Gasteiger partial charge in [0.25, 0.3) is 11.8 Å². The van der Waals surface area contributed by atoms with Crippen LogP contribution in [0.1, 0.15) is 47.3 Å². The molecule has 2 amide bonds. The number of benzene rings is 2. The van der Waals surface area contributed by atoms with Gasteiger partial charge in [-0.3, -0.25) is 9.59 Å². The van der Waals surface area contributed by atoms with Crippen LogP contribution in [0.15, 0.2) is 36.4 Å². The molecule has 0 radical (unpaired) electrons. The monoisotopic (exact) mass is 458 g/mol. The topological polar surface area (TPSA) is 90.6 Å². The maximum absolute atomic E-state index is 13.1. The van der Waals surface area contributed by atoms with Gasteiger partial charge < -0.3 is 20.5 Å². The van der Waals surface area contributed by atoms with Gasteiger partial charge in [-0.15, -0.1) is 0 Å². The molecule has 0 bridgehead atoms. The van der Waals surface area contributed by atoms with Crippen LogP contribution in [-0.4, -0.2) is 25.5 Å². The Morgan fingerprint density at radius 1 is 1.23 bits per heavy atom. The maximum atomic E-state index is 13.1. The Bertz CT molecular complexity index is 951. The molecule has 31 heavy (non-hydrogen) atoms. The minimum absolute atomic E-state index is 0.0110. The van der Waals surface area contributed by atoms with Crippen LogP contribution in [0.5, 0.6) is 11.5 Å². The first-order valence-electron chi connectivity index (χ1n) is 9.33. The Labute approximate surface area is 182 Å². The molecule has 0 aromatic heterocycles. The Balaban J connectivity index is 2.30. The standard InChI is InChI=1S/C21H22ClF3N2O4/c1-3-5-16(12-6-4-7-14(8-12)21(23,24)25)27-20(29)13-9-15(22)19(17(10-13)30-2)31-11-18(26)28/h4,6-10,16H,3,5,11H2,1-2H3,(H2,26,28)(H,27,29). The zero-order valence-corrected chi connectivity index (χ0v) is 17.6. The predicted molar refractivity (Wildman–Crippen MR) is 109 cm³/mol. The highest BCUT2D eigenvalue weighted by molar-refractivity contribution is 6.32. The summed E-state index contributed by atoms with van der Waals surface area (Å²) in [6.07, 6.45) is -3.43. The van der Waals surface area contributed by atoms with Crippen molar-refractivity contribution in [3.63, 3.8) is 0 Å². The molecular formula is C21H22ClF3N2O4. The number of carbonyl (C=O) groups excluding carboxylic acids is 2. The van der Waals surface area contributed by atoms with Crippen molar-refractivity contribution in [1.29, 1.82) is 0 Å². The largest absolute Gasteiger partial charge is 0.493 e. The van der Waals surface area contributed by atoms with E-state index < -0.39 is 36.2 Å². The predicted octanol–water partition coefficient (Wildman–Crippen LogP) is 4.50. The van der Waals surface area contributed by atoms with E-state index in [1.54, 1.807) is 0 Å². The Morgan fingerprint density at radius 3 is 2.52 bits per heavy atom. The first-order chi connectivity index (χ1) is 14.6. The summed E-state index contributed by atoms with van der Waals surface area (Å²) in [6.45, 7) is 1.42. The molecule has 0 saturated carbocycles. The smallest absolute Gasteiger partial charge is 0.416 e. The highest BCUT2D eigenvalue weighted by atomic mass is 35.5. The van der Waals surface area contributed by atoms with Gasteiger partial charge in [0.15, 0.2) is 18.1 Å². The molecule has 0 fully saturated rings. The van der Waals surface area contributed by atoms with Gasteiger partial charge in [0, 0.05) is 5.56 Å². The second kappa shape index (κ2) is 10.4. The molecule has 2 aromatic rings. The number of rotatable bonds is 9. The van der Waals surface area contributed by atoms with Gasteiger partial charge in [-0.25, -0.2) is 0 Å². The van der Waals surface area contributed by atoms with Crippen molar-refractivity contribution in [2.45, 2.75) is 32.0 Å². The van der Waals surface area contributed by atoms with Crippen LogP contribution in [-0.2, 0) is 11.0 Å². The van der Waals surface area contributed by atoms with Gasteiger partial charge >= 0.3 is 6.18 Å². The van der Waals surface area contributed by atoms with Crippen LogP contribution in [0.4, 0.5) is 13.2 Å². The molecule has 0 aliphatic rings. The molecule has 2 aromatic carbocycles. The molecule has 0 saturated heterocycles. The van der Waals surface area contributed by atoms with E-state index in [1.165, 1.54) is 31.4 Å². The molecule has 168 valence electrons. The lowest BCUT2D eigenvalue weighted by Crippen LogP contribution is -2.29. The number of halogens is 4. The number of nitrogens with one attached hydrogen (secondary N) is 1. The van der Waals surface area contributed by atoms with E-state index in [4.69, 9.17) is 26.8 Å². The van der Waals surface area contributed by atoms with Gasteiger partial charge in [0.05, 0.1) is 23.7 Å². The fourth-order valence-corrected chi connectivity index (χ4v) is 3.18. The van der Waals surface area contributed by atoms with Crippen molar-refractivity contribution in [2.75, 3.05) is 13.7 Å². The number of carbonyl (C=O) groups is 2. The number of hydrogen-bond acceptors (Lipinski definition) is 4. The summed E-state index contributed by atoms with van der Waals surface area (Å²) in [4.78, 5) is 23.8. The summed E-state index contributed by atoms with van der Waals surface area (Å²) in [5.41, 5.74) is 4.71. The Hall–Kier alpha value is -2.94. The number of hydrogen-bond donors (Lipinski definition) is 2. The first-order valence-corrected chi connectivity index (χ1v) is 9.71. The Kier molecular flexibility index (Phi) is 8.15. The van der Waals surface area contributed by atoms with Crippen molar-refractivity contribution >= 4 is 23.4 Å². The van der Waals surface area contributed by atoms with Gasteiger partial charge in [-0.05, 0) is 36.2 Å². The van der Waals surface area contributed by atoms with Crippen LogP contribution in [0.3, 0.4) is 0 Å². The average molecular weight is 459 g/mol. The molecule has 1 atom stereocenters. The molecule has 0 spiro atoms. The number of alkyl halides is 3. The number of ether oxygens (including phenoxy) is 2. The quantitative estimate of drug-likeness (QED) is 0.578. The van der Waals surface area contributed by atoms with Crippen molar-refractivity contribution < 1.29 is 32.2 Å². The van der Waals surface area contributed by atoms with Crippen LogP contribution in [0.2, 0.25) is 5.02 Å². The molecule has 1 unspecified atom stereocenters. The zero-order chi connectivity index (χ0) is 23.2. The number of amides is 2. The lowest BCUT2D eigenvalue weighted by molar-refractivity contribution is -0.137. The third kappa shape index (κ3) is 6.52. The molecule has 0 heterocycles. The summed E-state index contributed by atoms with van der Waals surface area (Å²) >= 11 is 6.16. The highest BCUT2D eigenvalue weighted by Crippen LogP contribution is 2.37. The lowest BCUT2D eigenvalue weighted by Gasteiger charge is -2.20. The number of methoxy groups -OCH3 is 1. The molecule has 0 aliphatic carbocycles. The summed E-state index contributed by atoms with van der Waals surface area (Å²) in [6, 6.07) is 6.86. The van der Waals surface area contributed by atoms with Crippen molar-refractivity contribution in [3.8, 4) is 11.5 Å². The molecule has 6 nitrogen and oxygen atoms in total. The van der Waals surface area contributed by atoms with Crippen molar-refractivity contribution in [3.05, 3.63) is 58.1 Å². The molecular weight excluding hydrogens is 437 g/mol. The summed E-state index contributed by atoms with van der Waals surface area (Å²) in [5, 5.41) is 2.75. The average Bonchev–Trinajstić information content (AvgIpc) is 2.71. The van der Waals surface area contributed by atoms with E-state index in [0.29, 0.717) is 18.4 Å². The highest BCUT2D eigenvalue weighted by Gasteiger charge is 2.31. The third-order valence-electron chi connectivity index (χ3n) is 4.35. The van der Waals surface area contributed by atoms with E-state index in [9.17, 15) is 22.8 Å². The first kappa shape index (κ1) is 24.3. The van der Waals surface area contributed by atoms with Crippen molar-refractivity contribution in [1.82, 2.24) is 5.32 Å². The van der Waals surface area contributed by atoms with Gasteiger partial charge in [-0.1, -0.05) is 37.1 Å². The van der Waals surface area contributed by atoms with Gasteiger partial charge in [0.2, 0.25) is 0 Å². The fraction of sp³-hybridized carbons (Fsp3) is 0.333. The van der Waals surface area contributed by atoms with E-state index in [2.05, 4.69) is 5.32 Å². The minimum Gasteiger partial charge on any atom is -0.493 e. The normalized spacial score (nSPS) is 12.2. The SMILES string of the molecule is CCCC(NC(=O)c1cc(Cl)c(OCC(N)=O)c(OC)c1)c1cccc(C(F)(F)F)c1. The van der Waals surface area contributed by atoms with Crippen molar-refractivity contribution in [2.24, 2.45) is 5.73 Å². The number of primary amides is 1. The van der Waals surface area contributed by atoms with E-state index in [0.717, 1.165) is 12.1 Å². The minimum atomic E-state index is -4.49. The Morgan fingerprint density at radius 2 is 1.94 bits per heavy atom. The summed E-state index contributed by atoms with van der Waals surface area (Å²) < 4.78 is 49.6. The fourth-order valence-electron chi connectivity index (χ4n) is 2.92. The van der Waals surface area contributed by atoms with Crippen LogP contribution in [0, 0.1) is 0 Å². The van der Waals surface area contributed by atoms with Gasteiger partial charge in [0.1, 0.15) is 0 Å². The molecule has 2 rings (SSSR count). The summed E-state index contributed by atoms with van der Waals surface area (Å²) in [7, 11) is 1.33. The third-order valence-corrected chi connectivity index (χ3v) is 4.63. The van der Waals surface area contributed by atoms with E-state index >= 15 is 0 Å². The molecule has 0 aliphatic heterocycles. The van der Waals surface area contributed by atoms with Crippen LogP contribution < -0.4 is 20.5 Å². The zero-order valence-electron chi connectivity index (χ0n) is 16.9. The number of nitrogens with two attached hydrogens (primary N) is 1. The molecule has 3 N–H and O–H groups in total. The maximum Gasteiger partial charge on any atom is 0.416 e. The van der Waals surface area contributed by atoms with Crippen LogP contribution in [0.25, 0.3) is 0 Å². The molecule has 10 heteroatoms. The van der Waals surface area contributed by atoms with Gasteiger partial charge in [-0.2, -0.15) is 13.2 Å². The second-order valence-corrected chi connectivity index (χ2v) is 7.09. The second-order valence-electron chi connectivity index (χ2n) is 6.68. The summed E-state index contributed by atoms with van der Waals surface area (Å²) in [5.74, 6) is -1.13. The van der Waals surface area contributed by atoms with E-state index in [-0.39, 0.29) is 22.1 Å². The lowest BCUT2D eigenvalue weighted by atomic mass is 9.99. The van der Waals surface area contributed by atoms with E-state index in [1.807, 2.05) is 6.92 Å².